The lowest BCUT2D eigenvalue weighted by atomic mass is 10.2. The monoisotopic (exact) mass is 455 g/mol. The molecule has 1 saturated heterocycles. The topological polar surface area (TPSA) is 90.3 Å². The SMILES string of the molecule is O=c1cc(OCc2ccc(Cl)cn2)ccn1-c1ccc(NCCNC[C@@H]2CCCO2)nc1. The van der Waals surface area contributed by atoms with Crippen molar-refractivity contribution >= 4 is 17.4 Å². The molecule has 4 rings (SSSR count). The summed E-state index contributed by atoms with van der Waals surface area (Å²) in [4.78, 5) is 21.1. The molecule has 0 amide bonds. The molecule has 0 radical (unpaired) electrons. The van der Waals surface area contributed by atoms with Crippen LogP contribution in [0.1, 0.15) is 18.5 Å². The van der Waals surface area contributed by atoms with Crippen molar-refractivity contribution in [3.63, 3.8) is 0 Å². The van der Waals surface area contributed by atoms with Crippen LogP contribution >= 0.6 is 11.6 Å². The minimum atomic E-state index is -0.201. The van der Waals surface area contributed by atoms with Crippen molar-refractivity contribution < 1.29 is 9.47 Å². The zero-order valence-corrected chi connectivity index (χ0v) is 18.4. The first-order valence-electron chi connectivity index (χ1n) is 10.7. The number of aromatic nitrogens is 3. The quantitative estimate of drug-likeness (QED) is 0.454. The summed E-state index contributed by atoms with van der Waals surface area (Å²) in [5.74, 6) is 1.24. The van der Waals surface area contributed by atoms with Gasteiger partial charge in [-0.1, -0.05) is 11.6 Å². The van der Waals surface area contributed by atoms with Gasteiger partial charge in [0.2, 0.25) is 0 Å². The second kappa shape index (κ2) is 11.1. The van der Waals surface area contributed by atoms with Gasteiger partial charge < -0.3 is 20.1 Å². The Morgan fingerprint density at radius 2 is 2.09 bits per heavy atom. The van der Waals surface area contributed by atoms with Gasteiger partial charge in [-0.2, -0.15) is 0 Å². The standard InChI is InChI=1S/C23H26ClN5O3/c24-17-3-4-18(27-13-17)16-32-20-7-10-29(23(30)12-20)19-5-6-22(28-14-19)26-9-8-25-15-21-2-1-11-31-21/h3-7,10,12-14,21,25H,1-2,8-9,11,15-16H2,(H,26,28)/t21-/m0/s1. The van der Waals surface area contributed by atoms with Crippen LogP contribution in [0.5, 0.6) is 5.75 Å². The molecule has 1 fully saturated rings. The van der Waals surface area contributed by atoms with E-state index in [1.165, 1.54) is 10.6 Å². The van der Waals surface area contributed by atoms with Gasteiger partial charge in [0.1, 0.15) is 18.2 Å². The first kappa shape index (κ1) is 22.3. The Kier molecular flexibility index (Phi) is 7.71. The van der Waals surface area contributed by atoms with Crippen LogP contribution in [0.25, 0.3) is 5.69 Å². The molecule has 3 aromatic rings. The van der Waals surface area contributed by atoms with Crippen LogP contribution in [0.2, 0.25) is 5.02 Å². The normalized spacial score (nSPS) is 15.6. The average Bonchev–Trinajstić information content (AvgIpc) is 3.33. The van der Waals surface area contributed by atoms with Crippen LogP contribution in [-0.2, 0) is 11.3 Å². The molecular weight excluding hydrogens is 430 g/mol. The van der Waals surface area contributed by atoms with E-state index in [9.17, 15) is 4.79 Å². The molecule has 0 bridgehead atoms. The predicted octanol–water partition coefficient (Wildman–Crippen LogP) is 3.04. The van der Waals surface area contributed by atoms with Gasteiger partial charge in [0.05, 0.1) is 28.7 Å². The van der Waals surface area contributed by atoms with E-state index in [1.54, 1.807) is 36.8 Å². The van der Waals surface area contributed by atoms with Gasteiger partial charge in [0.25, 0.3) is 5.56 Å². The van der Waals surface area contributed by atoms with E-state index in [0.29, 0.717) is 22.6 Å². The molecule has 1 aliphatic heterocycles. The van der Waals surface area contributed by atoms with Crippen LogP contribution in [0.3, 0.4) is 0 Å². The number of halogens is 1. The molecule has 0 spiro atoms. The van der Waals surface area contributed by atoms with Gasteiger partial charge in [-0.05, 0) is 43.2 Å². The summed E-state index contributed by atoms with van der Waals surface area (Å²) in [6.07, 6.45) is 7.53. The molecule has 0 unspecified atom stereocenters. The molecule has 8 nitrogen and oxygen atoms in total. The van der Waals surface area contributed by atoms with E-state index in [2.05, 4.69) is 20.6 Å². The summed E-state index contributed by atoms with van der Waals surface area (Å²) in [5, 5.41) is 7.23. The van der Waals surface area contributed by atoms with Gasteiger partial charge in [-0.3, -0.25) is 14.3 Å². The summed E-state index contributed by atoms with van der Waals surface area (Å²) in [6.45, 7) is 3.60. The Labute approximate surface area is 191 Å². The maximum absolute atomic E-state index is 12.5. The highest BCUT2D eigenvalue weighted by molar-refractivity contribution is 6.30. The molecule has 168 valence electrons. The minimum Gasteiger partial charge on any atom is -0.487 e. The molecule has 4 heterocycles. The van der Waals surface area contributed by atoms with Crippen molar-refractivity contribution in [3.05, 3.63) is 76.1 Å². The third-order valence-electron chi connectivity index (χ3n) is 5.10. The lowest BCUT2D eigenvalue weighted by molar-refractivity contribution is 0.110. The van der Waals surface area contributed by atoms with Crippen LogP contribution < -0.4 is 20.9 Å². The van der Waals surface area contributed by atoms with Crippen molar-refractivity contribution in [2.24, 2.45) is 0 Å². The fraction of sp³-hybridized carbons (Fsp3) is 0.348. The van der Waals surface area contributed by atoms with E-state index in [4.69, 9.17) is 21.1 Å². The number of hydrogen-bond donors (Lipinski definition) is 2. The van der Waals surface area contributed by atoms with E-state index < -0.39 is 0 Å². The molecule has 1 atom stereocenters. The zero-order chi connectivity index (χ0) is 22.2. The molecule has 0 aliphatic carbocycles. The highest BCUT2D eigenvalue weighted by Crippen LogP contribution is 2.14. The Balaban J connectivity index is 1.26. The second-order valence-electron chi connectivity index (χ2n) is 7.49. The second-order valence-corrected chi connectivity index (χ2v) is 7.93. The number of rotatable bonds is 10. The van der Waals surface area contributed by atoms with Gasteiger partial charge in [0.15, 0.2) is 0 Å². The number of nitrogens with one attached hydrogen (secondary N) is 2. The van der Waals surface area contributed by atoms with Crippen LogP contribution in [0.15, 0.2) is 59.8 Å². The lowest BCUT2D eigenvalue weighted by Gasteiger charge is -2.12. The molecule has 1 aliphatic rings. The van der Waals surface area contributed by atoms with E-state index in [1.807, 2.05) is 12.1 Å². The molecule has 0 aromatic carbocycles. The lowest BCUT2D eigenvalue weighted by Crippen LogP contribution is -2.30. The summed E-state index contributed by atoms with van der Waals surface area (Å²) in [5.41, 5.74) is 1.21. The number of ether oxygens (including phenoxy) is 2. The number of nitrogens with zero attached hydrogens (tertiary/aromatic N) is 3. The fourth-order valence-corrected chi connectivity index (χ4v) is 3.51. The molecule has 2 N–H and O–H groups in total. The van der Waals surface area contributed by atoms with Crippen molar-refractivity contribution in [3.8, 4) is 11.4 Å². The molecule has 3 aromatic heterocycles. The van der Waals surface area contributed by atoms with Crippen LogP contribution in [0.4, 0.5) is 5.82 Å². The summed E-state index contributed by atoms with van der Waals surface area (Å²) in [6, 6.07) is 10.4. The smallest absolute Gasteiger partial charge is 0.258 e. The van der Waals surface area contributed by atoms with Crippen molar-refractivity contribution in [2.75, 3.05) is 31.6 Å². The maximum Gasteiger partial charge on any atom is 0.258 e. The Morgan fingerprint density at radius 1 is 1.16 bits per heavy atom. The van der Waals surface area contributed by atoms with Crippen LogP contribution in [-0.4, -0.2) is 46.9 Å². The molecule has 32 heavy (non-hydrogen) atoms. The average molecular weight is 456 g/mol. The summed E-state index contributed by atoms with van der Waals surface area (Å²) >= 11 is 5.83. The minimum absolute atomic E-state index is 0.201. The highest BCUT2D eigenvalue weighted by atomic mass is 35.5. The first-order chi connectivity index (χ1) is 15.7. The van der Waals surface area contributed by atoms with E-state index in [0.717, 1.165) is 50.6 Å². The first-order valence-corrected chi connectivity index (χ1v) is 11.0. The van der Waals surface area contributed by atoms with Crippen molar-refractivity contribution in [1.82, 2.24) is 19.9 Å². The number of hydrogen-bond acceptors (Lipinski definition) is 7. The van der Waals surface area contributed by atoms with E-state index >= 15 is 0 Å². The largest absolute Gasteiger partial charge is 0.487 e. The highest BCUT2D eigenvalue weighted by Gasteiger charge is 2.14. The van der Waals surface area contributed by atoms with Gasteiger partial charge in [0, 0.05) is 44.7 Å². The third-order valence-corrected chi connectivity index (χ3v) is 5.32. The van der Waals surface area contributed by atoms with Gasteiger partial charge in [-0.25, -0.2) is 4.98 Å². The zero-order valence-electron chi connectivity index (χ0n) is 17.7. The van der Waals surface area contributed by atoms with E-state index in [-0.39, 0.29) is 12.2 Å². The predicted molar refractivity (Wildman–Crippen MR) is 124 cm³/mol. The number of pyridine rings is 3. The van der Waals surface area contributed by atoms with Gasteiger partial charge in [-0.15, -0.1) is 0 Å². The Morgan fingerprint density at radius 3 is 2.81 bits per heavy atom. The van der Waals surface area contributed by atoms with Crippen LogP contribution in [0, 0.1) is 0 Å². The van der Waals surface area contributed by atoms with Crippen molar-refractivity contribution in [1.29, 1.82) is 0 Å². The molecule has 0 saturated carbocycles. The third kappa shape index (κ3) is 6.29. The van der Waals surface area contributed by atoms with Gasteiger partial charge >= 0.3 is 0 Å². The molecule has 9 heteroatoms. The number of anilines is 1. The Hall–Kier alpha value is -2.94. The summed E-state index contributed by atoms with van der Waals surface area (Å²) < 4.78 is 12.8. The molecular formula is C23H26ClN5O3. The van der Waals surface area contributed by atoms with Crippen molar-refractivity contribution in [2.45, 2.75) is 25.6 Å². The maximum atomic E-state index is 12.5. The Bertz CT molecular complexity index is 1050. The summed E-state index contributed by atoms with van der Waals surface area (Å²) in [7, 11) is 0. The fourth-order valence-electron chi connectivity index (χ4n) is 3.39.